The predicted octanol–water partition coefficient (Wildman–Crippen LogP) is 5.62. The second-order valence-corrected chi connectivity index (χ2v) is 12.8. The molecule has 0 saturated carbocycles. The van der Waals surface area contributed by atoms with Gasteiger partial charge in [-0.2, -0.15) is 9.97 Å². The lowest BCUT2D eigenvalue weighted by atomic mass is 9.88. The molecule has 4 fully saturated rings. The molecular weight excluding hydrogens is 548 g/mol. The number of ether oxygens (including phenoxy) is 1. The first-order chi connectivity index (χ1) is 20.9. The van der Waals surface area contributed by atoms with Gasteiger partial charge in [0, 0.05) is 59.1 Å². The fraction of sp³-hybridized carbons (Fsp3) is 0.441. The van der Waals surface area contributed by atoms with Crippen LogP contribution < -0.4 is 10.1 Å². The summed E-state index contributed by atoms with van der Waals surface area (Å²) in [5, 5.41) is 16.1. The third-order valence-corrected chi connectivity index (χ3v) is 10.2. The zero-order valence-electron chi connectivity index (χ0n) is 23.8. The van der Waals surface area contributed by atoms with Crippen molar-refractivity contribution in [3.63, 3.8) is 0 Å². The molecule has 6 heterocycles. The van der Waals surface area contributed by atoms with Crippen molar-refractivity contribution in [2.75, 3.05) is 19.7 Å². The fourth-order valence-electron chi connectivity index (χ4n) is 8.27. The fourth-order valence-corrected chi connectivity index (χ4v) is 8.27. The zero-order chi connectivity index (χ0) is 29.3. The summed E-state index contributed by atoms with van der Waals surface area (Å²) in [5.41, 5.74) is 1.52. The highest BCUT2D eigenvalue weighted by molar-refractivity contribution is 6.02. The molecule has 7 nitrogen and oxygen atoms in total. The highest BCUT2D eigenvalue weighted by atomic mass is 19.1. The molecule has 220 valence electrons. The van der Waals surface area contributed by atoms with Gasteiger partial charge >= 0.3 is 6.01 Å². The maximum atomic E-state index is 16.7. The summed E-state index contributed by atoms with van der Waals surface area (Å²) in [5.74, 6) is 2.16. The molecule has 4 aliphatic rings. The van der Waals surface area contributed by atoms with Crippen LogP contribution in [0.25, 0.3) is 32.9 Å². The summed E-state index contributed by atoms with van der Waals surface area (Å²) < 4.78 is 37.5. The summed E-state index contributed by atoms with van der Waals surface area (Å²) >= 11 is 0. The molecular formula is C34H33F2N5O2. The van der Waals surface area contributed by atoms with Crippen LogP contribution in [0.3, 0.4) is 0 Å². The van der Waals surface area contributed by atoms with Gasteiger partial charge in [-0.1, -0.05) is 18.1 Å². The van der Waals surface area contributed by atoms with Gasteiger partial charge in [0.25, 0.3) is 0 Å². The van der Waals surface area contributed by atoms with Crippen LogP contribution in [0.1, 0.15) is 62.1 Å². The van der Waals surface area contributed by atoms with Crippen molar-refractivity contribution in [2.24, 2.45) is 0 Å². The van der Waals surface area contributed by atoms with E-state index in [4.69, 9.17) is 16.1 Å². The van der Waals surface area contributed by atoms with Crippen molar-refractivity contribution in [2.45, 2.75) is 74.7 Å². The van der Waals surface area contributed by atoms with Crippen LogP contribution >= 0.6 is 0 Å². The van der Waals surface area contributed by atoms with E-state index in [1.54, 1.807) is 24.4 Å². The van der Waals surface area contributed by atoms with E-state index in [0.717, 1.165) is 50.8 Å². The van der Waals surface area contributed by atoms with Crippen LogP contribution in [0.15, 0.2) is 36.5 Å². The van der Waals surface area contributed by atoms with Crippen molar-refractivity contribution in [1.82, 2.24) is 25.2 Å². The topological polar surface area (TPSA) is 83.4 Å². The molecule has 9 heteroatoms. The third kappa shape index (κ3) is 4.42. The smallest absolute Gasteiger partial charge is 0.317 e. The molecule has 2 aromatic heterocycles. The SMILES string of the molecule is C#Cc1cccc2cc(O)cc(-c3ncc4c(C5C[C@H]6CC[C@@H](C5)N6)nc(OC[C@@]56CCCN5C[C@H](F)C6)nc4c3F)c12. The van der Waals surface area contributed by atoms with E-state index in [9.17, 15) is 9.50 Å². The third-order valence-electron chi connectivity index (χ3n) is 10.2. The number of hydrogen-bond donors (Lipinski definition) is 2. The quantitative estimate of drug-likeness (QED) is 0.296. The number of hydrogen-bond acceptors (Lipinski definition) is 7. The summed E-state index contributed by atoms with van der Waals surface area (Å²) in [7, 11) is 0. The number of piperidine rings is 1. The van der Waals surface area contributed by atoms with Crippen molar-refractivity contribution >= 4 is 21.7 Å². The minimum absolute atomic E-state index is 0.0151. The molecule has 0 amide bonds. The van der Waals surface area contributed by atoms with Gasteiger partial charge < -0.3 is 15.2 Å². The Labute approximate surface area is 248 Å². The average Bonchev–Trinajstić information content (AvgIpc) is 3.65. The number of aromatic nitrogens is 3. The summed E-state index contributed by atoms with van der Waals surface area (Å²) in [6.07, 6.45) is 12.9. The number of benzene rings is 2. The minimum Gasteiger partial charge on any atom is -0.508 e. The molecule has 43 heavy (non-hydrogen) atoms. The molecule has 5 atom stereocenters. The average molecular weight is 582 g/mol. The highest BCUT2D eigenvalue weighted by Gasteiger charge is 2.49. The maximum Gasteiger partial charge on any atom is 0.317 e. The molecule has 0 aliphatic carbocycles. The van der Waals surface area contributed by atoms with E-state index < -0.39 is 12.0 Å². The number of fused-ring (bicyclic) bond motifs is 5. The molecule has 2 N–H and O–H groups in total. The lowest BCUT2D eigenvalue weighted by Gasteiger charge is -2.31. The molecule has 2 aromatic carbocycles. The first-order valence-corrected chi connectivity index (χ1v) is 15.3. The summed E-state index contributed by atoms with van der Waals surface area (Å²) in [6.45, 7) is 1.54. The minimum atomic E-state index is -0.877. The molecule has 0 radical (unpaired) electrons. The Bertz CT molecular complexity index is 1800. The van der Waals surface area contributed by atoms with Crippen LogP contribution in [0.5, 0.6) is 11.8 Å². The number of aromatic hydroxyl groups is 1. The number of phenols is 1. The first kappa shape index (κ1) is 26.7. The molecule has 4 aromatic rings. The molecule has 0 spiro atoms. The Morgan fingerprint density at radius 2 is 2.02 bits per heavy atom. The number of pyridine rings is 1. The van der Waals surface area contributed by atoms with Crippen LogP contribution in [0.4, 0.5) is 8.78 Å². The summed E-state index contributed by atoms with van der Waals surface area (Å²) in [6, 6.07) is 9.43. The number of terminal acetylenes is 1. The number of alkyl halides is 1. The van der Waals surface area contributed by atoms with Gasteiger partial charge in [-0.15, -0.1) is 6.42 Å². The predicted molar refractivity (Wildman–Crippen MR) is 160 cm³/mol. The number of phenolic OH excluding ortho intramolecular Hbond substituents is 1. The Morgan fingerprint density at radius 3 is 2.84 bits per heavy atom. The van der Waals surface area contributed by atoms with Crippen LogP contribution in [-0.2, 0) is 0 Å². The van der Waals surface area contributed by atoms with Crippen LogP contribution in [0.2, 0.25) is 0 Å². The van der Waals surface area contributed by atoms with Gasteiger partial charge in [-0.05, 0) is 68.7 Å². The van der Waals surface area contributed by atoms with Crippen molar-refractivity contribution in [3.8, 4) is 35.4 Å². The number of rotatable bonds is 5. The number of nitrogens with one attached hydrogen (secondary N) is 1. The number of nitrogens with zero attached hydrogens (tertiary/aromatic N) is 4. The molecule has 1 unspecified atom stereocenters. The highest BCUT2D eigenvalue weighted by Crippen LogP contribution is 2.43. The lowest BCUT2D eigenvalue weighted by molar-refractivity contribution is 0.107. The van der Waals surface area contributed by atoms with E-state index in [2.05, 4.69) is 26.1 Å². The Kier molecular flexibility index (Phi) is 6.28. The number of halogens is 2. The second kappa shape index (κ2) is 10.1. The van der Waals surface area contributed by atoms with Crippen molar-refractivity contribution in [3.05, 3.63) is 53.6 Å². The van der Waals surface area contributed by atoms with Gasteiger partial charge in [-0.3, -0.25) is 9.88 Å². The Balaban J connectivity index is 1.27. The summed E-state index contributed by atoms with van der Waals surface area (Å²) in [4.78, 5) is 16.3. The van der Waals surface area contributed by atoms with Gasteiger partial charge in [0.1, 0.15) is 29.7 Å². The second-order valence-electron chi connectivity index (χ2n) is 12.8. The van der Waals surface area contributed by atoms with Gasteiger partial charge in [0.2, 0.25) is 0 Å². The monoisotopic (exact) mass is 581 g/mol. The van der Waals surface area contributed by atoms with Gasteiger partial charge in [0.05, 0.1) is 11.2 Å². The molecule has 8 rings (SSSR count). The van der Waals surface area contributed by atoms with Gasteiger partial charge in [-0.25, -0.2) is 8.78 Å². The van der Waals surface area contributed by atoms with E-state index in [1.807, 2.05) is 6.07 Å². The van der Waals surface area contributed by atoms with Crippen LogP contribution in [0, 0.1) is 18.2 Å². The molecule has 4 aliphatic heterocycles. The van der Waals surface area contributed by atoms with Crippen molar-refractivity contribution in [1.29, 1.82) is 0 Å². The lowest BCUT2D eigenvalue weighted by Crippen LogP contribution is -2.43. The largest absolute Gasteiger partial charge is 0.508 e. The Morgan fingerprint density at radius 1 is 1.19 bits per heavy atom. The standard InChI is InChI=1S/C34H33F2N5O2/c1-2-19-5-3-6-20-13-25(42)14-26(28(19)20)31-29(36)32-27(16-37-31)30(21-11-23-7-8-24(12-21)38-23)39-33(40-32)43-18-34-9-4-10-41(34)17-22(35)15-34/h1,3,5-6,13-14,16,21-24,38,42H,4,7-12,15,17-18H2/t21?,22-,23-,24+,34+/m1/s1. The van der Waals surface area contributed by atoms with E-state index >= 15 is 4.39 Å². The molecule has 4 saturated heterocycles. The first-order valence-electron chi connectivity index (χ1n) is 15.3. The van der Waals surface area contributed by atoms with E-state index in [1.165, 1.54) is 6.07 Å². The zero-order valence-corrected chi connectivity index (χ0v) is 23.8. The van der Waals surface area contributed by atoms with Crippen LogP contribution in [-0.4, -0.2) is 68.4 Å². The van der Waals surface area contributed by atoms with E-state index in [0.29, 0.717) is 52.3 Å². The normalized spacial score (nSPS) is 28.4. The van der Waals surface area contributed by atoms with E-state index in [-0.39, 0.29) is 41.0 Å². The molecule has 2 bridgehead atoms. The maximum absolute atomic E-state index is 16.7. The Hall–Kier alpha value is -3.87. The van der Waals surface area contributed by atoms with Crippen molar-refractivity contribution < 1.29 is 18.6 Å². The van der Waals surface area contributed by atoms with Gasteiger partial charge in [0.15, 0.2) is 5.82 Å².